The van der Waals surface area contributed by atoms with E-state index in [1.807, 2.05) is 21.1 Å². The van der Waals surface area contributed by atoms with E-state index in [2.05, 4.69) is 160 Å². The first-order chi connectivity index (χ1) is 38.6. The van der Waals surface area contributed by atoms with Crippen molar-refractivity contribution >= 4 is 17.9 Å². The lowest BCUT2D eigenvalue weighted by molar-refractivity contribution is -0.870. The topological polar surface area (TPSA) is 108 Å². The molecular weight excluding hydrogens is 983 g/mol. The molecule has 9 heteroatoms. The number of hydrogen-bond donors (Lipinski definition) is 1. The highest BCUT2D eigenvalue weighted by molar-refractivity contribution is 5.71. The highest BCUT2D eigenvalue weighted by atomic mass is 16.7. The number of carbonyl (C=O) groups is 3. The number of unbranched alkanes of at least 4 members (excludes halogenated alkanes) is 16. The van der Waals surface area contributed by atoms with Gasteiger partial charge in [0.2, 0.25) is 0 Å². The zero-order valence-electron chi connectivity index (χ0n) is 50.7. The number of allylic oxidation sites excluding steroid dienone is 24. The standard InChI is InChI=1S/C70H113NO8/c1-6-8-10-12-14-16-18-20-22-24-25-26-27-28-29-30-31-32-33-34-35-36-37-38-39-40-41-42-43-45-47-49-51-53-55-57-59-61-68(73)79-66(65-78-70(69(74)75)76-63-62-71(3,4)5)64-77-67(72)60-58-56-54-52-50-48-46-44-23-21-19-17-15-13-11-9-7-2/h8,10,14-17,20-23,25-26,28-29,31-32,34-35,37-38,40-41,43,45,66,70H,6-7,9,11-13,18-19,24,27,30,33,36,39,42,44,46-65H2,1-5H3/p+1/b10-8-,16-14-,17-15-,22-20-,23-21-,26-25-,29-28-,32-31-,35-34-,38-37-,41-40-,45-43-. The van der Waals surface area contributed by atoms with E-state index in [-0.39, 0.29) is 38.6 Å². The van der Waals surface area contributed by atoms with Crippen molar-refractivity contribution in [1.29, 1.82) is 0 Å². The third-order valence-electron chi connectivity index (χ3n) is 12.6. The van der Waals surface area contributed by atoms with Gasteiger partial charge >= 0.3 is 17.9 Å². The lowest BCUT2D eigenvalue weighted by atomic mass is 10.1. The second-order valence-corrected chi connectivity index (χ2v) is 21.3. The van der Waals surface area contributed by atoms with Crippen LogP contribution in [0, 0.1) is 0 Å². The van der Waals surface area contributed by atoms with Gasteiger partial charge in [-0.05, 0) is 122 Å². The van der Waals surface area contributed by atoms with Gasteiger partial charge in [0, 0.05) is 12.8 Å². The molecule has 0 fully saturated rings. The smallest absolute Gasteiger partial charge is 0.361 e. The first-order valence-electron chi connectivity index (χ1n) is 31.0. The highest BCUT2D eigenvalue weighted by Crippen LogP contribution is 2.14. The summed E-state index contributed by atoms with van der Waals surface area (Å²) in [4.78, 5) is 37.4. The van der Waals surface area contributed by atoms with Gasteiger partial charge in [0.1, 0.15) is 13.2 Å². The molecule has 0 aromatic carbocycles. The predicted octanol–water partition coefficient (Wildman–Crippen LogP) is 18.8. The van der Waals surface area contributed by atoms with Gasteiger partial charge in [-0.25, -0.2) is 4.79 Å². The number of nitrogens with zero attached hydrogens (tertiary/aromatic N) is 1. The molecule has 0 saturated heterocycles. The Labute approximate surface area is 483 Å². The fraction of sp³-hybridized carbons (Fsp3) is 0.614. The number of hydrogen-bond acceptors (Lipinski definition) is 7. The average Bonchev–Trinajstić information content (AvgIpc) is 3.42. The van der Waals surface area contributed by atoms with Gasteiger partial charge < -0.3 is 28.5 Å². The third-order valence-corrected chi connectivity index (χ3v) is 12.6. The molecule has 0 bridgehead atoms. The van der Waals surface area contributed by atoms with E-state index in [9.17, 15) is 19.5 Å². The molecule has 9 nitrogen and oxygen atoms in total. The molecule has 0 amide bonds. The van der Waals surface area contributed by atoms with Crippen molar-refractivity contribution in [2.24, 2.45) is 0 Å². The van der Waals surface area contributed by atoms with Gasteiger partial charge in [0.15, 0.2) is 6.10 Å². The number of esters is 2. The van der Waals surface area contributed by atoms with E-state index in [0.717, 1.165) is 141 Å². The number of rotatable bonds is 55. The Bertz CT molecular complexity index is 1800. The van der Waals surface area contributed by atoms with Crippen molar-refractivity contribution < 1.29 is 42.9 Å². The summed E-state index contributed by atoms with van der Waals surface area (Å²) in [7, 11) is 5.95. The molecule has 0 aliphatic heterocycles. The van der Waals surface area contributed by atoms with E-state index < -0.39 is 24.3 Å². The summed E-state index contributed by atoms with van der Waals surface area (Å²) in [6.07, 6.45) is 83.6. The van der Waals surface area contributed by atoms with Crippen molar-refractivity contribution in [3.63, 3.8) is 0 Å². The van der Waals surface area contributed by atoms with Crippen LogP contribution in [0.1, 0.15) is 219 Å². The maximum Gasteiger partial charge on any atom is 0.361 e. The SMILES string of the molecule is CC/C=C\C/C=C\C/C=C\C/C=C\C/C=C\C/C=C\C/C=C\C/C=C\C/C=C\C/C=C\CCCCCCCCC(=O)OC(COC(=O)CCCCCCCCC/C=C\C/C=C\CCCCC)COC(OCC[N+](C)(C)C)C(=O)O. The van der Waals surface area contributed by atoms with Gasteiger partial charge in [-0.2, -0.15) is 0 Å². The fourth-order valence-corrected chi connectivity index (χ4v) is 7.83. The largest absolute Gasteiger partial charge is 0.477 e. The Balaban J connectivity index is 4.26. The van der Waals surface area contributed by atoms with Crippen LogP contribution in [0.3, 0.4) is 0 Å². The minimum Gasteiger partial charge on any atom is -0.477 e. The summed E-state index contributed by atoms with van der Waals surface area (Å²) in [6.45, 7) is 4.69. The molecule has 0 saturated carbocycles. The molecule has 1 N–H and O–H groups in total. The van der Waals surface area contributed by atoms with Crippen LogP contribution in [-0.4, -0.2) is 87.4 Å². The van der Waals surface area contributed by atoms with Gasteiger partial charge in [-0.15, -0.1) is 0 Å². The Morgan fingerprint density at radius 1 is 0.392 bits per heavy atom. The summed E-state index contributed by atoms with van der Waals surface area (Å²) in [5, 5.41) is 9.71. The Morgan fingerprint density at radius 2 is 0.722 bits per heavy atom. The van der Waals surface area contributed by atoms with Crippen molar-refractivity contribution in [1.82, 2.24) is 0 Å². The second kappa shape index (κ2) is 59.3. The van der Waals surface area contributed by atoms with Gasteiger partial charge in [-0.1, -0.05) is 230 Å². The Hall–Kier alpha value is -4.83. The number of carboxylic acid groups (broad SMARTS) is 1. The van der Waals surface area contributed by atoms with Crippen molar-refractivity contribution in [3.8, 4) is 0 Å². The molecule has 79 heavy (non-hydrogen) atoms. The summed E-state index contributed by atoms with van der Waals surface area (Å²) in [5.41, 5.74) is 0. The fourth-order valence-electron chi connectivity index (χ4n) is 7.83. The molecule has 2 atom stereocenters. The second-order valence-electron chi connectivity index (χ2n) is 21.3. The molecule has 0 rings (SSSR count). The number of carboxylic acids is 1. The number of ether oxygens (including phenoxy) is 4. The lowest BCUT2D eigenvalue weighted by Gasteiger charge is -2.25. The molecule has 0 heterocycles. The molecule has 0 aromatic heterocycles. The van der Waals surface area contributed by atoms with Crippen molar-refractivity contribution in [3.05, 3.63) is 146 Å². The number of carbonyl (C=O) groups excluding carboxylic acids is 2. The molecule has 0 aliphatic carbocycles. The summed E-state index contributed by atoms with van der Waals surface area (Å²) in [5.74, 6) is -2.05. The van der Waals surface area contributed by atoms with Gasteiger partial charge in [0.25, 0.3) is 6.29 Å². The molecular formula is C70H114NO8+. The highest BCUT2D eigenvalue weighted by Gasteiger charge is 2.25. The Morgan fingerprint density at radius 3 is 1.08 bits per heavy atom. The first-order valence-corrected chi connectivity index (χ1v) is 31.0. The van der Waals surface area contributed by atoms with E-state index in [1.165, 1.54) is 44.9 Å². The van der Waals surface area contributed by atoms with Crippen LogP contribution in [0.25, 0.3) is 0 Å². The van der Waals surface area contributed by atoms with E-state index >= 15 is 0 Å². The summed E-state index contributed by atoms with van der Waals surface area (Å²) < 4.78 is 22.9. The zero-order valence-corrected chi connectivity index (χ0v) is 50.7. The lowest BCUT2D eigenvalue weighted by Crippen LogP contribution is -2.40. The van der Waals surface area contributed by atoms with Crippen LogP contribution in [-0.2, 0) is 33.3 Å². The van der Waals surface area contributed by atoms with Crippen molar-refractivity contribution in [2.75, 3.05) is 47.5 Å². The number of quaternary nitrogens is 1. The van der Waals surface area contributed by atoms with E-state index in [4.69, 9.17) is 18.9 Å². The van der Waals surface area contributed by atoms with Gasteiger partial charge in [-0.3, -0.25) is 9.59 Å². The minimum atomic E-state index is -1.53. The normalized spacial score (nSPS) is 13.8. The quantitative estimate of drug-likeness (QED) is 0.0211. The van der Waals surface area contributed by atoms with Crippen LogP contribution in [0.4, 0.5) is 0 Å². The van der Waals surface area contributed by atoms with Crippen LogP contribution < -0.4 is 0 Å². The van der Waals surface area contributed by atoms with E-state index in [1.54, 1.807) is 0 Å². The van der Waals surface area contributed by atoms with Crippen LogP contribution in [0.15, 0.2) is 146 Å². The number of aliphatic carboxylic acids is 1. The van der Waals surface area contributed by atoms with Crippen LogP contribution in [0.2, 0.25) is 0 Å². The maximum absolute atomic E-state index is 12.9. The average molecular weight is 1100 g/mol. The molecule has 0 radical (unpaired) electrons. The van der Waals surface area contributed by atoms with Crippen molar-refractivity contribution in [2.45, 2.75) is 232 Å². The van der Waals surface area contributed by atoms with Gasteiger partial charge in [0.05, 0.1) is 34.4 Å². The van der Waals surface area contributed by atoms with Crippen LogP contribution >= 0.6 is 0 Å². The van der Waals surface area contributed by atoms with E-state index in [0.29, 0.717) is 17.4 Å². The zero-order chi connectivity index (χ0) is 57.6. The minimum absolute atomic E-state index is 0.175. The maximum atomic E-state index is 12.9. The Kier molecular flexibility index (Phi) is 55.7. The third kappa shape index (κ3) is 60.7. The van der Waals surface area contributed by atoms with Crippen LogP contribution in [0.5, 0.6) is 0 Å². The monoisotopic (exact) mass is 1100 g/mol. The molecule has 2 unspecified atom stereocenters. The first kappa shape index (κ1) is 74.2. The number of likely N-dealkylation sites (N-methyl/N-ethyl adjacent to an activating group) is 1. The molecule has 0 aliphatic rings. The molecule has 446 valence electrons. The molecule has 0 aromatic rings. The summed E-state index contributed by atoms with van der Waals surface area (Å²) in [6, 6.07) is 0. The molecule has 0 spiro atoms. The predicted molar refractivity (Wildman–Crippen MR) is 336 cm³/mol. The summed E-state index contributed by atoms with van der Waals surface area (Å²) >= 11 is 0.